The van der Waals surface area contributed by atoms with Crippen molar-refractivity contribution in [1.29, 1.82) is 0 Å². The molecule has 0 aliphatic carbocycles. The van der Waals surface area contributed by atoms with E-state index in [2.05, 4.69) is 5.32 Å². The second kappa shape index (κ2) is 5.06. The predicted molar refractivity (Wildman–Crippen MR) is 76.3 cm³/mol. The number of benzene rings is 2. The van der Waals surface area contributed by atoms with Crippen molar-refractivity contribution in [2.24, 2.45) is 0 Å². The molecule has 1 heterocycles. The molecule has 2 aromatic rings. The maximum atomic E-state index is 10.7. The second-order valence-electron chi connectivity index (χ2n) is 4.52. The zero-order valence-electron chi connectivity index (χ0n) is 10.5. The lowest BCUT2D eigenvalue weighted by atomic mass is 9.93. The van der Waals surface area contributed by atoms with Crippen molar-refractivity contribution >= 4 is 17.7 Å². The van der Waals surface area contributed by atoms with Gasteiger partial charge in [0, 0.05) is 16.1 Å². The molecule has 3 rings (SSSR count). The quantitative estimate of drug-likeness (QED) is 0.886. The summed E-state index contributed by atoms with van der Waals surface area (Å²) in [5, 5.41) is 11.7. The summed E-state index contributed by atoms with van der Waals surface area (Å²) < 4.78 is 5.88. The molecule has 2 N–H and O–H groups in total. The summed E-state index contributed by atoms with van der Waals surface area (Å²) in [6.45, 7) is 0.203. The van der Waals surface area contributed by atoms with E-state index in [9.17, 15) is 4.79 Å². The number of rotatable bonds is 2. The number of hydrogen-bond donors (Lipinski definition) is 2. The fourth-order valence-corrected chi connectivity index (χ4v) is 2.56. The van der Waals surface area contributed by atoms with Gasteiger partial charge in [-0.05, 0) is 23.8 Å². The van der Waals surface area contributed by atoms with Crippen LogP contribution in [0.3, 0.4) is 0 Å². The molecule has 4 nitrogen and oxygen atoms in total. The Labute approximate surface area is 120 Å². The molecule has 0 radical (unpaired) electrons. The molecular formula is C15H12ClNO3. The van der Waals surface area contributed by atoms with Crippen LogP contribution in [0.25, 0.3) is 11.1 Å². The highest BCUT2D eigenvalue weighted by Gasteiger charge is 2.26. The molecule has 20 heavy (non-hydrogen) atoms. The van der Waals surface area contributed by atoms with Crippen molar-refractivity contribution in [3.63, 3.8) is 0 Å². The summed E-state index contributed by atoms with van der Waals surface area (Å²) in [6.07, 6.45) is -1.40. The number of amides is 1. The van der Waals surface area contributed by atoms with E-state index in [0.29, 0.717) is 10.8 Å². The van der Waals surface area contributed by atoms with Crippen molar-refractivity contribution in [2.75, 3.05) is 6.54 Å². The first-order chi connectivity index (χ1) is 9.65. The maximum absolute atomic E-state index is 10.7. The van der Waals surface area contributed by atoms with Crippen LogP contribution in [0, 0.1) is 0 Å². The molecule has 0 saturated heterocycles. The van der Waals surface area contributed by atoms with E-state index >= 15 is 0 Å². The smallest absolute Gasteiger partial charge is 0.404 e. The Hall–Kier alpha value is -2.20. The largest absolute Gasteiger partial charge is 0.483 e. The van der Waals surface area contributed by atoms with E-state index in [4.69, 9.17) is 21.4 Å². The number of carbonyl (C=O) groups is 1. The number of nitrogens with one attached hydrogen (secondary N) is 1. The molecule has 1 atom stereocenters. The van der Waals surface area contributed by atoms with Gasteiger partial charge < -0.3 is 15.2 Å². The third-order valence-electron chi connectivity index (χ3n) is 3.25. The normalized spacial score (nSPS) is 15.8. The van der Waals surface area contributed by atoms with Crippen LogP contribution >= 0.6 is 11.6 Å². The lowest BCUT2D eigenvalue weighted by Crippen LogP contribution is -2.30. The predicted octanol–water partition coefficient (Wildman–Crippen LogP) is 3.71. The van der Waals surface area contributed by atoms with Crippen molar-refractivity contribution in [3.05, 3.63) is 53.1 Å². The third-order valence-corrected chi connectivity index (χ3v) is 3.48. The third kappa shape index (κ3) is 2.30. The standard InChI is InChI=1S/C15H12ClNO3/c16-9-5-6-13-12(7-9)10-3-1-2-4-11(10)14(20-13)8-17-15(18)19/h1-7,14,17H,8H2,(H,18,19). The summed E-state index contributed by atoms with van der Waals surface area (Å²) in [6, 6.07) is 13.2. The van der Waals surface area contributed by atoms with Crippen molar-refractivity contribution in [3.8, 4) is 16.9 Å². The van der Waals surface area contributed by atoms with Crippen LogP contribution in [0.5, 0.6) is 5.75 Å². The molecule has 5 heteroatoms. The highest BCUT2D eigenvalue weighted by Crippen LogP contribution is 2.43. The highest BCUT2D eigenvalue weighted by molar-refractivity contribution is 6.31. The number of ether oxygens (including phenoxy) is 1. The Bertz CT molecular complexity index is 672. The van der Waals surface area contributed by atoms with Gasteiger partial charge in [-0.15, -0.1) is 0 Å². The Kier molecular flexibility index (Phi) is 3.24. The number of hydrogen-bond acceptors (Lipinski definition) is 2. The number of carboxylic acid groups (broad SMARTS) is 1. The van der Waals surface area contributed by atoms with Crippen LogP contribution in [0.15, 0.2) is 42.5 Å². The first-order valence-corrected chi connectivity index (χ1v) is 6.55. The summed E-state index contributed by atoms with van der Waals surface area (Å²) in [7, 11) is 0. The minimum atomic E-state index is -1.06. The van der Waals surface area contributed by atoms with Crippen LogP contribution in [-0.4, -0.2) is 17.7 Å². The lowest BCUT2D eigenvalue weighted by Gasteiger charge is -2.28. The van der Waals surface area contributed by atoms with E-state index in [1.807, 2.05) is 30.3 Å². The Balaban J connectivity index is 2.03. The SMILES string of the molecule is O=C(O)NCC1Oc2ccc(Cl)cc2-c2ccccc21. The Morgan fingerprint density at radius 2 is 2.05 bits per heavy atom. The van der Waals surface area contributed by atoms with Crippen LogP contribution in [0.1, 0.15) is 11.7 Å². The fourth-order valence-electron chi connectivity index (χ4n) is 2.39. The van der Waals surface area contributed by atoms with E-state index in [1.165, 1.54) is 0 Å². The van der Waals surface area contributed by atoms with Crippen LogP contribution in [-0.2, 0) is 0 Å². The topological polar surface area (TPSA) is 58.6 Å². The van der Waals surface area contributed by atoms with Gasteiger partial charge in [0.2, 0.25) is 0 Å². The summed E-state index contributed by atoms with van der Waals surface area (Å²) >= 11 is 6.04. The number of halogens is 1. The van der Waals surface area contributed by atoms with Gasteiger partial charge in [-0.3, -0.25) is 0 Å². The van der Waals surface area contributed by atoms with Gasteiger partial charge in [-0.2, -0.15) is 0 Å². The highest BCUT2D eigenvalue weighted by atomic mass is 35.5. The molecule has 2 aromatic carbocycles. The summed E-state index contributed by atoms with van der Waals surface area (Å²) in [5.74, 6) is 0.713. The van der Waals surface area contributed by atoms with Gasteiger partial charge >= 0.3 is 6.09 Å². The molecule has 1 unspecified atom stereocenters. The van der Waals surface area contributed by atoms with Crippen LogP contribution < -0.4 is 10.1 Å². The Morgan fingerprint density at radius 3 is 2.85 bits per heavy atom. The van der Waals surface area contributed by atoms with Crippen molar-refractivity contribution < 1.29 is 14.6 Å². The average molecular weight is 290 g/mol. The van der Waals surface area contributed by atoms with Gasteiger partial charge in [-0.25, -0.2) is 4.79 Å². The lowest BCUT2D eigenvalue weighted by molar-refractivity contribution is 0.171. The van der Waals surface area contributed by atoms with Gasteiger partial charge in [0.25, 0.3) is 0 Å². The van der Waals surface area contributed by atoms with E-state index in [-0.39, 0.29) is 12.6 Å². The first-order valence-electron chi connectivity index (χ1n) is 6.17. The molecule has 0 saturated carbocycles. The molecule has 1 aliphatic heterocycles. The molecular weight excluding hydrogens is 278 g/mol. The summed E-state index contributed by atoms with van der Waals surface area (Å²) in [4.78, 5) is 10.7. The molecule has 0 bridgehead atoms. The maximum Gasteiger partial charge on any atom is 0.404 e. The first kappa shape index (κ1) is 12.8. The van der Waals surface area contributed by atoms with Gasteiger partial charge in [0.05, 0.1) is 6.54 Å². The molecule has 0 spiro atoms. The van der Waals surface area contributed by atoms with Gasteiger partial charge in [0.1, 0.15) is 11.9 Å². The van der Waals surface area contributed by atoms with Crippen LogP contribution in [0.2, 0.25) is 5.02 Å². The molecule has 1 aliphatic rings. The zero-order valence-corrected chi connectivity index (χ0v) is 11.2. The monoisotopic (exact) mass is 289 g/mol. The zero-order chi connectivity index (χ0) is 14.1. The second-order valence-corrected chi connectivity index (χ2v) is 4.96. The van der Waals surface area contributed by atoms with E-state index in [1.54, 1.807) is 12.1 Å². The molecule has 102 valence electrons. The average Bonchev–Trinajstić information content (AvgIpc) is 2.45. The molecule has 0 aromatic heterocycles. The molecule has 0 fully saturated rings. The van der Waals surface area contributed by atoms with E-state index < -0.39 is 6.09 Å². The Morgan fingerprint density at radius 1 is 1.25 bits per heavy atom. The van der Waals surface area contributed by atoms with Gasteiger partial charge in [0.15, 0.2) is 0 Å². The van der Waals surface area contributed by atoms with Gasteiger partial charge in [-0.1, -0.05) is 35.9 Å². The minimum Gasteiger partial charge on any atom is -0.483 e. The van der Waals surface area contributed by atoms with Crippen molar-refractivity contribution in [1.82, 2.24) is 5.32 Å². The number of fused-ring (bicyclic) bond motifs is 3. The summed E-state index contributed by atoms with van der Waals surface area (Å²) in [5.41, 5.74) is 2.91. The fraction of sp³-hybridized carbons (Fsp3) is 0.133. The van der Waals surface area contributed by atoms with Crippen molar-refractivity contribution in [2.45, 2.75) is 6.10 Å². The molecule has 1 amide bonds. The van der Waals surface area contributed by atoms with E-state index in [0.717, 1.165) is 16.7 Å². The minimum absolute atomic E-state index is 0.203. The van der Waals surface area contributed by atoms with Crippen LogP contribution in [0.4, 0.5) is 4.79 Å².